The van der Waals surface area contributed by atoms with Gasteiger partial charge < -0.3 is 24.6 Å². The summed E-state index contributed by atoms with van der Waals surface area (Å²) in [6, 6.07) is 10.7. The number of carbonyl (C=O) groups is 3. The number of amides is 1. The van der Waals surface area contributed by atoms with Gasteiger partial charge in [0.25, 0.3) is 11.7 Å². The number of nitrogens with zero attached hydrogens (tertiary/aromatic N) is 1. The number of carbonyl (C=O) groups excluding carboxylic acids is 2. The van der Waals surface area contributed by atoms with Gasteiger partial charge in [0.15, 0.2) is 0 Å². The zero-order chi connectivity index (χ0) is 22.7. The predicted molar refractivity (Wildman–Crippen MR) is 112 cm³/mol. The molecule has 0 bridgehead atoms. The Labute approximate surface area is 179 Å². The molecule has 31 heavy (non-hydrogen) atoms. The number of benzene rings is 2. The highest BCUT2D eigenvalue weighted by Crippen LogP contribution is 2.43. The summed E-state index contributed by atoms with van der Waals surface area (Å²) in [5, 5.41) is 20.1. The number of ketones is 1. The van der Waals surface area contributed by atoms with Crippen LogP contribution in [-0.2, 0) is 14.4 Å². The van der Waals surface area contributed by atoms with Crippen molar-refractivity contribution in [1.29, 1.82) is 0 Å². The molecule has 1 fully saturated rings. The monoisotopic (exact) mass is 425 g/mol. The lowest BCUT2D eigenvalue weighted by Crippen LogP contribution is -2.32. The third-order valence-electron chi connectivity index (χ3n) is 5.16. The SMILES string of the molecule is COc1ccc(OC)c(C2/C(=C(\O)c3ccc(C)cc3)C(=O)C(=O)N2CCC(=O)O)c1. The van der Waals surface area contributed by atoms with Gasteiger partial charge in [0, 0.05) is 17.7 Å². The molecule has 1 saturated heterocycles. The van der Waals surface area contributed by atoms with Gasteiger partial charge in [0.1, 0.15) is 17.3 Å². The first kappa shape index (κ1) is 21.9. The minimum atomic E-state index is -1.11. The number of aliphatic hydroxyl groups excluding tert-OH is 1. The Kier molecular flexibility index (Phi) is 6.29. The molecule has 2 aromatic rings. The second-order valence-electron chi connectivity index (χ2n) is 7.11. The number of carboxylic acids is 1. The molecule has 0 spiro atoms. The van der Waals surface area contributed by atoms with Gasteiger partial charge in [-0.25, -0.2) is 0 Å². The number of Topliss-reactive ketones (excluding diaryl/α,β-unsaturated/α-hetero) is 1. The van der Waals surface area contributed by atoms with Crippen LogP contribution < -0.4 is 9.47 Å². The third kappa shape index (κ3) is 4.23. The normalized spacial score (nSPS) is 17.6. The van der Waals surface area contributed by atoms with E-state index < -0.39 is 23.7 Å². The Morgan fingerprint density at radius 3 is 2.29 bits per heavy atom. The van der Waals surface area contributed by atoms with Crippen LogP contribution in [0.15, 0.2) is 48.0 Å². The van der Waals surface area contributed by atoms with E-state index in [1.54, 1.807) is 42.5 Å². The van der Waals surface area contributed by atoms with Crippen molar-refractivity contribution < 1.29 is 34.1 Å². The molecule has 2 N–H and O–H groups in total. The van der Waals surface area contributed by atoms with Crippen LogP contribution in [0.3, 0.4) is 0 Å². The summed E-state index contributed by atoms with van der Waals surface area (Å²) in [7, 11) is 2.91. The fourth-order valence-corrected chi connectivity index (χ4v) is 3.57. The summed E-state index contributed by atoms with van der Waals surface area (Å²) in [6.07, 6.45) is -0.361. The second-order valence-corrected chi connectivity index (χ2v) is 7.11. The largest absolute Gasteiger partial charge is 0.507 e. The quantitative estimate of drug-likeness (QED) is 0.398. The van der Waals surface area contributed by atoms with Crippen LogP contribution >= 0.6 is 0 Å². The molecule has 0 radical (unpaired) electrons. The van der Waals surface area contributed by atoms with Crippen molar-refractivity contribution in [1.82, 2.24) is 4.90 Å². The molecule has 1 unspecified atom stereocenters. The lowest BCUT2D eigenvalue weighted by Gasteiger charge is -2.26. The van der Waals surface area contributed by atoms with Gasteiger partial charge in [-0.3, -0.25) is 14.4 Å². The smallest absolute Gasteiger partial charge is 0.305 e. The molecule has 1 heterocycles. The number of rotatable bonds is 7. The molecule has 1 atom stereocenters. The average Bonchev–Trinajstić information content (AvgIpc) is 3.01. The maximum Gasteiger partial charge on any atom is 0.305 e. The number of hydrogen-bond donors (Lipinski definition) is 2. The van der Waals surface area contributed by atoms with Gasteiger partial charge in [-0.15, -0.1) is 0 Å². The van der Waals surface area contributed by atoms with Crippen LogP contribution in [-0.4, -0.2) is 53.5 Å². The van der Waals surface area contributed by atoms with Crippen molar-refractivity contribution in [2.24, 2.45) is 0 Å². The number of likely N-dealkylation sites (tertiary alicyclic amines) is 1. The standard InChI is InChI=1S/C23H23NO7/c1-13-4-6-14(7-5-13)21(27)19-20(16-12-15(30-2)8-9-17(16)31-3)24(11-10-18(25)26)23(29)22(19)28/h4-9,12,20,27H,10-11H2,1-3H3,(H,25,26)/b21-19+. The van der Waals surface area contributed by atoms with Crippen LogP contribution in [0.4, 0.5) is 0 Å². The molecule has 8 nitrogen and oxygen atoms in total. The molecule has 3 rings (SSSR count). The first-order valence-electron chi connectivity index (χ1n) is 9.57. The van der Waals surface area contributed by atoms with Crippen LogP contribution in [0.5, 0.6) is 11.5 Å². The maximum atomic E-state index is 13.0. The Morgan fingerprint density at radius 2 is 1.71 bits per heavy atom. The lowest BCUT2D eigenvalue weighted by molar-refractivity contribution is -0.142. The lowest BCUT2D eigenvalue weighted by atomic mass is 9.94. The highest BCUT2D eigenvalue weighted by atomic mass is 16.5. The summed E-state index contributed by atoms with van der Waals surface area (Å²) in [4.78, 5) is 38.1. The number of ether oxygens (including phenoxy) is 2. The molecule has 0 aromatic heterocycles. The molecule has 8 heteroatoms. The number of aryl methyl sites for hydroxylation is 1. The predicted octanol–water partition coefficient (Wildman–Crippen LogP) is 2.91. The Balaban J connectivity index is 2.24. The van der Waals surface area contributed by atoms with Crippen molar-refractivity contribution >= 4 is 23.4 Å². The first-order chi connectivity index (χ1) is 14.8. The number of carboxylic acid groups (broad SMARTS) is 1. The van der Waals surface area contributed by atoms with Gasteiger partial charge in [0.2, 0.25) is 0 Å². The molecule has 1 aliphatic heterocycles. The summed E-state index contributed by atoms with van der Waals surface area (Å²) in [5.41, 5.74) is 1.60. The van der Waals surface area contributed by atoms with E-state index in [-0.39, 0.29) is 24.3 Å². The highest BCUT2D eigenvalue weighted by molar-refractivity contribution is 6.46. The number of aliphatic carboxylic acids is 1. The number of hydrogen-bond acceptors (Lipinski definition) is 6. The number of aliphatic hydroxyl groups is 1. The third-order valence-corrected chi connectivity index (χ3v) is 5.16. The van der Waals surface area contributed by atoms with E-state index in [0.717, 1.165) is 10.5 Å². The fourth-order valence-electron chi connectivity index (χ4n) is 3.57. The van der Waals surface area contributed by atoms with Crippen LogP contribution in [0, 0.1) is 6.92 Å². The highest BCUT2D eigenvalue weighted by Gasteiger charge is 2.47. The minimum Gasteiger partial charge on any atom is -0.507 e. The second kappa shape index (κ2) is 8.91. The van der Waals surface area contributed by atoms with Crippen molar-refractivity contribution in [3.63, 3.8) is 0 Å². The molecule has 162 valence electrons. The summed E-state index contributed by atoms with van der Waals surface area (Å²) < 4.78 is 10.7. The van der Waals surface area contributed by atoms with E-state index in [9.17, 15) is 19.5 Å². The minimum absolute atomic E-state index is 0.134. The van der Waals surface area contributed by atoms with Crippen LogP contribution in [0.1, 0.15) is 29.2 Å². The van der Waals surface area contributed by atoms with Gasteiger partial charge in [-0.1, -0.05) is 29.8 Å². The van der Waals surface area contributed by atoms with Crippen LogP contribution in [0.25, 0.3) is 5.76 Å². The molecule has 0 aliphatic carbocycles. The van der Waals surface area contributed by atoms with Gasteiger partial charge in [-0.2, -0.15) is 0 Å². The molecular weight excluding hydrogens is 402 g/mol. The van der Waals surface area contributed by atoms with E-state index in [0.29, 0.717) is 22.6 Å². The Morgan fingerprint density at radius 1 is 1.03 bits per heavy atom. The molecular formula is C23H23NO7. The van der Waals surface area contributed by atoms with Crippen molar-refractivity contribution in [3.8, 4) is 11.5 Å². The number of methoxy groups -OCH3 is 2. The van der Waals surface area contributed by atoms with Crippen LogP contribution in [0.2, 0.25) is 0 Å². The zero-order valence-corrected chi connectivity index (χ0v) is 17.4. The summed E-state index contributed by atoms with van der Waals surface area (Å²) in [6.45, 7) is 1.67. The molecule has 1 aliphatic rings. The van der Waals surface area contributed by atoms with E-state index in [4.69, 9.17) is 14.6 Å². The van der Waals surface area contributed by atoms with E-state index in [1.165, 1.54) is 14.2 Å². The average molecular weight is 425 g/mol. The molecule has 2 aromatic carbocycles. The van der Waals surface area contributed by atoms with Crippen molar-refractivity contribution in [2.45, 2.75) is 19.4 Å². The maximum absolute atomic E-state index is 13.0. The van der Waals surface area contributed by atoms with Gasteiger partial charge >= 0.3 is 5.97 Å². The van der Waals surface area contributed by atoms with Gasteiger partial charge in [-0.05, 0) is 25.1 Å². The van der Waals surface area contributed by atoms with Crippen molar-refractivity contribution in [3.05, 3.63) is 64.7 Å². The van der Waals surface area contributed by atoms with E-state index in [2.05, 4.69) is 0 Å². The van der Waals surface area contributed by atoms with E-state index >= 15 is 0 Å². The fraction of sp³-hybridized carbons (Fsp3) is 0.261. The molecule has 0 saturated carbocycles. The summed E-state index contributed by atoms with van der Waals surface area (Å²) in [5.74, 6) is -2.41. The Bertz CT molecular complexity index is 1060. The first-order valence-corrected chi connectivity index (χ1v) is 9.57. The van der Waals surface area contributed by atoms with Gasteiger partial charge in [0.05, 0.1) is 32.3 Å². The zero-order valence-electron chi connectivity index (χ0n) is 17.4. The molecule has 1 amide bonds. The van der Waals surface area contributed by atoms with Crippen molar-refractivity contribution in [2.75, 3.05) is 20.8 Å². The summed E-state index contributed by atoms with van der Waals surface area (Å²) >= 11 is 0. The topological polar surface area (TPSA) is 113 Å². The van der Waals surface area contributed by atoms with E-state index in [1.807, 2.05) is 6.92 Å². The Hall–Kier alpha value is -3.81.